The quantitative estimate of drug-likeness (QED) is 0.157. The Morgan fingerprint density at radius 3 is 1.93 bits per heavy atom. The number of aliphatic carboxylic acids is 1. The van der Waals surface area contributed by atoms with Gasteiger partial charge < -0.3 is 37.0 Å². The fourth-order valence-electron chi connectivity index (χ4n) is 2.51. The summed E-state index contributed by atoms with van der Waals surface area (Å²) in [5, 5.41) is 34.9. The van der Waals surface area contributed by atoms with Crippen LogP contribution in [0.4, 0.5) is 0 Å². The lowest BCUT2D eigenvalue weighted by molar-refractivity contribution is -0.145. The summed E-state index contributed by atoms with van der Waals surface area (Å²) in [6, 6.07) is -4.86. The Hall–Kier alpha value is -1.89. The van der Waals surface area contributed by atoms with Gasteiger partial charge in [0.1, 0.15) is 12.1 Å². The molecule has 0 aromatic carbocycles. The monoisotopic (exact) mass is 450 g/mol. The van der Waals surface area contributed by atoms with E-state index >= 15 is 0 Å². The number of hydrogen-bond acceptors (Lipinski definition) is 8. The third-order valence-electron chi connectivity index (χ3n) is 4.17. The minimum Gasteiger partial charge on any atom is -0.480 e. The first-order valence-corrected chi connectivity index (χ1v) is 11.0. The van der Waals surface area contributed by atoms with E-state index in [0.29, 0.717) is 12.2 Å². The van der Waals surface area contributed by atoms with E-state index in [9.17, 15) is 29.4 Å². The number of thioether (sulfide) groups is 1. The fraction of sp³-hybridized carbons (Fsp3) is 0.778. The summed E-state index contributed by atoms with van der Waals surface area (Å²) in [5.41, 5.74) is 5.85. The molecule has 0 heterocycles. The average Bonchev–Trinajstić information content (AvgIpc) is 2.65. The second kappa shape index (κ2) is 14.2. The Balaban J connectivity index is 5.18. The zero-order chi connectivity index (χ0) is 23.4. The number of rotatable bonds is 14. The van der Waals surface area contributed by atoms with Crippen LogP contribution in [0.5, 0.6) is 0 Å². The first-order chi connectivity index (χ1) is 13.9. The first-order valence-electron chi connectivity index (χ1n) is 9.61. The van der Waals surface area contributed by atoms with E-state index in [-0.39, 0.29) is 12.3 Å². The van der Waals surface area contributed by atoms with E-state index in [1.165, 1.54) is 18.7 Å². The maximum Gasteiger partial charge on any atom is 0.328 e. The number of nitrogens with two attached hydrogens (primary N) is 1. The van der Waals surface area contributed by atoms with Crippen molar-refractivity contribution in [2.45, 2.75) is 63.9 Å². The van der Waals surface area contributed by atoms with Crippen molar-refractivity contribution in [3.8, 4) is 0 Å². The Labute approximate surface area is 180 Å². The Morgan fingerprint density at radius 2 is 1.50 bits per heavy atom. The van der Waals surface area contributed by atoms with Gasteiger partial charge in [-0.3, -0.25) is 14.4 Å². The van der Waals surface area contributed by atoms with Gasteiger partial charge in [0.2, 0.25) is 17.7 Å². The number of nitrogens with one attached hydrogen (secondary N) is 3. The van der Waals surface area contributed by atoms with Crippen molar-refractivity contribution in [1.82, 2.24) is 16.0 Å². The van der Waals surface area contributed by atoms with Crippen molar-refractivity contribution in [3.63, 3.8) is 0 Å². The molecule has 3 amide bonds. The van der Waals surface area contributed by atoms with Crippen molar-refractivity contribution in [2.75, 3.05) is 18.6 Å². The molecule has 0 bridgehead atoms. The summed E-state index contributed by atoms with van der Waals surface area (Å²) in [6.45, 7) is 4.19. The van der Waals surface area contributed by atoms with Crippen molar-refractivity contribution in [1.29, 1.82) is 0 Å². The number of aliphatic hydroxyl groups excluding tert-OH is 2. The molecule has 0 aromatic rings. The maximum absolute atomic E-state index is 12.6. The molecule has 0 saturated heterocycles. The normalized spacial score (nSPS) is 16.1. The third kappa shape index (κ3) is 10.2. The molecule has 0 aliphatic rings. The van der Waals surface area contributed by atoms with E-state index < -0.39 is 60.6 Å². The number of hydrogen-bond donors (Lipinski definition) is 7. The van der Waals surface area contributed by atoms with Crippen molar-refractivity contribution < 1.29 is 34.5 Å². The smallest absolute Gasteiger partial charge is 0.328 e. The molecular formula is C18H34N4O7S. The summed E-state index contributed by atoms with van der Waals surface area (Å²) in [4.78, 5) is 48.3. The molecule has 8 N–H and O–H groups in total. The minimum atomic E-state index is -1.61. The van der Waals surface area contributed by atoms with Crippen LogP contribution in [0.1, 0.15) is 33.6 Å². The number of carboxylic acid groups (broad SMARTS) is 1. The van der Waals surface area contributed by atoms with Crippen LogP contribution in [0.3, 0.4) is 0 Å². The number of carboxylic acids is 1. The summed E-state index contributed by atoms with van der Waals surface area (Å²) in [7, 11) is 0. The van der Waals surface area contributed by atoms with Crippen LogP contribution in [0.2, 0.25) is 0 Å². The van der Waals surface area contributed by atoms with E-state index in [2.05, 4.69) is 16.0 Å². The van der Waals surface area contributed by atoms with Crippen molar-refractivity contribution in [3.05, 3.63) is 0 Å². The predicted molar refractivity (Wildman–Crippen MR) is 113 cm³/mol. The van der Waals surface area contributed by atoms with Gasteiger partial charge in [-0.15, -0.1) is 0 Å². The van der Waals surface area contributed by atoms with Gasteiger partial charge in [-0.1, -0.05) is 13.8 Å². The Morgan fingerprint density at radius 1 is 0.967 bits per heavy atom. The van der Waals surface area contributed by atoms with Crippen LogP contribution in [-0.4, -0.2) is 87.9 Å². The lowest BCUT2D eigenvalue weighted by atomic mass is 10.0. The molecule has 0 radical (unpaired) electrons. The third-order valence-corrected chi connectivity index (χ3v) is 4.81. The predicted octanol–water partition coefficient (Wildman–Crippen LogP) is -1.97. The average molecular weight is 451 g/mol. The molecule has 0 aliphatic heterocycles. The van der Waals surface area contributed by atoms with E-state index in [1.54, 1.807) is 0 Å². The van der Waals surface area contributed by atoms with Gasteiger partial charge in [-0.05, 0) is 37.7 Å². The number of carbonyl (C=O) groups is 4. The lowest BCUT2D eigenvalue weighted by Gasteiger charge is -2.25. The van der Waals surface area contributed by atoms with Crippen LogP contribution in [-0.2, 0) is 19.2 Å². The second-order valence-corrected chi connectivity index (χ2v) is 8.37. The SMILES string of the molecule is CSCCC(NC(=O)C(N)CC(C)C)C(=O)NC(CO)C(=O)NC(C(=O)O)C(C)O. The molecular weight excluding hydrogens is 416 g/mol. The molecule has 5 unspecified atom stereocenters. The molecule has 0 rings (SSSR count). The largest absolute Gasteiger partial charge is 0.480 e. The highest BCUT2D eigenvalue weighted by Gasteiger charge is 2.31. The summed E-state index contributed by atoms with van der Waals surface area (Å²) < 4.78 is 0. The summed E-state index contributed by atoms with van der Waals surface area (Å²) >= 11 is 1.45. The van der Waals surface area contributed by atoms with E-state index in [0.717, 1.165) is 0 Å². The van der Waals surface area contributed by atoms with Gasteiger partial charge in [0.15, 0.2) is 6.04 Å². The molecule has 0 spiro atoms. The van der Waals surface area contributed by atoms with Crippen molar-refractivity contribution in [2.24, 2.45) is 11.7 Å². The molecule has 11 nitrogen and oxygen atoms in total. The fourth-order valence-corrected chi connectivity index (χ4v) is 2.98. The van der Waals surface area contributed by atoms with Gasteiger partial charge in [-0.2, -0.15) is 11.8 Å². The zero-order valence-electron chi connectivity index (χ0n) is 17.8. The molecule has 0 aliphatic carbocycles. The molecule has 30 heavy (non-hydrogen) atoms. The van der Waals surface area contributed by atoms with Crippen LogP contribution < -0.4 is 21.7 Å². The van der Waals surface area contributed by atoms with Gasteiger partial charge in [-0.25, -0.2) is 4.79 Å². The molecule has 0 aromatic heterocycles. The molecule has 12 heteroatoms. The topological polar surface area (TPSA) is 191 Å². The van der Waals surface area contributed by atoms with Gasteiger partial charge in [0, 0.05) is 0 Å². The summed E-state index contributed by atoms with van der Waals surface area (Å²) in [5.74, 6) is -2.95. The number of aliphatic hydroxyl groups is 2. The molecule has 0 fully saturated rings. The Kier molecular flexibility index (Phi) is 13.3. The second-order valence-electron chi connectivity index (χ2n) is 7.39. The Bertz CT molecular complexity index is 589. The van der Waals surface area contributed by atoms with Crippen LogP contribution >= 0.6 is 11.8 Å². The minimum absolute atomic E-state index is 0.183. The molecule has 5 atom stereocenters. The highest BCUT2D eigenvalue weighted by atomic mass is 32.2. The van der Waals surface area contributed by atoms with E-state index in [4.69, 9.17) is 10.8 Å². The highest BCUT2D eigenvalue weighted by Crippen LogP contribution is 2.06. The lowest BCUT2D eigenvalue weighted by Crippen LogP contribution is -2.59. The number of amides is 3. The maximum atomic E-state index is 12.6. The van der Waals surface area contributed by atoms with Gasteiger partial charge >= 0.3 is 5.97 Å². The van der Waals surface area contributed by atoms with Crippen LogP contribution in [0, 0.1) is 5.92 Å². The van der Waals surface area contributed by atoms with E-state index in [1.807, 2.05) is 20.1 Å². The first kappa shape index (κ1) is 28.1. The standard InChI is InChI=1S/C18H34N4O7S/c1-9(2)7-11(19)15(25)20-12(5-6-30-4)16(26)21-13(8-23)17(27)22-14(10(3)24)18(28)29/h9-14,23-24H,5-8,19H2,1-4H3,(H,20,25)(H,21,26)(H,22,27)(H,28,29). The zero-order valence-corrected chi connectivity index (χ0v) is 18.6. The number of carbonyl (C=O) groups excluding carboxylic acids is 3. The molecule has 174 valence electrons. The van der Waals surface area contributed by atoms with Crippen molar-refractivity contribution >= 4 is 35.5 Å². The molecule has 0 saturated carbocycles. The summed E-state index contributed by atoms with van der Waals surface area (Å²) in [6.07, 6.45) is 1.13. The van der Waals surface area contributed by atoms with Gasteiger partial charge in [0.25, 0.3) is 0 Å². The highest BCUT2D eigenvalue weighted by molar-refractivity contribution is 7.98. The van der Waals surface area contributed by atoms with Gasteiger partial charge in [0.05, 0.1) is 18.8 Å². The van der Waals surface area contributed by atoms with Crippen LogP contribution in [0.25, 0.3) is 0 Å². The van der Waals surface area contributed by atoms with Crippen LogP contribution in [0.15, 0.2) is 0 Å².